The van der Waals surface area contributed by atoms with Crippen LogP contribution in [0.2, 0.25) is 20.1 Å². The largest absolute Gasteiger partial charge is 0.504 e. The number of phenols is 2. The molecule has 0 aliphatic heterocycles. The van der Waals surface area contributed by atoms with Crippen molar-refractivity contribution >= 4 is 68.2 Å². The van der Waals surface area contributed by atoms with Crippen molar-refractivity contribution in [2.45, 2.75) is 33.5 Å². The number of phenolic OH excluding ortho intramolecular Hbond substituents is 2. The summed E-state index contributed by atoms with van der Waals surface area (Å²) in [7, 11) is 3.37. The Hall–Kier alpha value is -2.60. The van der Waals surface area contributed by atoms with E-state index in [1.165, 1.54) is 21.3 Å². The van der Waals surface area contributed by atoms with Gasteiger partial charge in [-0.1, -0.05) is 53.3 Å². The number of fused-ring (bicyclic) bond motifs is 2. The summed E-state index contributed by atoms with van der Waals surface area (Å²) in [4.78, 5) is 33.2. The molecule has 0 bridgehead atoms. The van der Waals surface area contributed by atoms with Crippen LogP contribution in [0.25, 0.3) is 21.8 Å². The van der Waals surface area contributed by atoms with Gasteiger partial charge in [0.1, 0.15) is 22.7 Å². The van der Waals surface area contributed by atoms with Crippen LogP contribution in [0.4, 0.5) is 0 Å². The van der Waals surface area contributed by atoms with Gasteiger partial charge in [0.2, 0.25) is 0 Å². The highest BCUT2D eigenvalue weighted by Crippen LogP contribution is 2.35. The maximum atomic E-state index is 12.4. The standard InChI is InChI=1S/2C12H13Cl2N3O2/c1-3-15-5-8-16-10-9(12(19)17(8)2)6(13)4-7(14)11(10)18;1-3-17-8(5-15-2)16-10-9(12(17)19)6(13)4-7(14)11(10)18/h2*4,15,18H,3,5H2,1-2H3. The molecule has 14 heteroatoms. The number of rotatable bonds is 6. The molecule has 38 heavy (non-hydrogen) atoms. The third-order valence-electron chi connectivity index (χ3n) is 5.70. The van der Waals surface area contributed by atoms with Gasteiger partial charge in [0.05, 0.1) is 44.0 Å². The highest BCUT2D eigenvalue weighted by Gasteiger charge is 2.18. The van der Waals surface area contributed by atoms with Crippen molar-refractivity contribution in [2.24, 2.45) is 7.05 Å². The second-order valence-electron chi connectivity index (χ2n) is 8.11. The molecular weight excluding hydrogens is 578 g/mol. The molecule has 2 aromatic heterocycles. The van der Waals surface area contributed by atoms with E-state index in [1.807, 2.05) is 13.8 Å². The molecule has 0 fully saturated rings. The van der Waals surface area contributed by atoms with Crippen LogP contribution in [0, 0.1) is 0 Å². The minimum Gasteiger partial charge on any atom is -0.504 e. The molecule has 0 unspecified atom stereocenters. The average molecular weight is 604 g/mol. The quantitative estimate of drug-likeness (QED) is 0.258. The van der Waals surface area contributed by atoms with E-state index in [0.29, 0.717) is 31.3 Å². The van der Waals surface area contributed by atoms with Crippen molar-refractivity contribution in [1.29, 1.82) is 0 Å². The Morgan fingerprint density at radius 1 is 0.816 bits per heavy atom. The first-order valence-electron chi connectivity index (χ1n) is 11.5. The monoisotopic (exact) mass is 602 g/mol. The van der Waals surface area contributed by atoms with Gasteiger partial charge in [-0.2, -0.15) is 0 Å². The van der Waals surface area contributed by atoms with E-state index < -0.39 is 0 Å². The van der Waals surface area contributed by atoms with Crippen molar-refractivity contribution in [3.05, 3.63) is 64.6 Å². The fourth-order valence-corrected chi connectivity index (χ4v) is 4.83. The molecule has 0 atom stereocenters. The zero-order chi connectivity index (χ0) is 28.3. The predicted octanol–water partition coefficient (Wildman–Crippen LogP) is 4.20. The fourth-order valence-electron chi connectivity index (χ4n) is 3.76. The summed E-state index contributed by atoms with van der Waals surface area (Å²) in [5.41, 5.74) is -0.324. The van der Waals surface area contributed by atoms with Crippen molar-refractivity contribution < 1.29 is 10.2 Å². The van der Waals surface area contributed by atoms with Crippen molar-refractivity contribution in [3.63, 3.8) is 0 Å². The van der Waals surface area contributed by atoms with Crippen molar-refractivity contribution in [3.8, 4) is 11.5 Å². The Kier molecular flexibility index (Phi) is 9.85. The van der Waals surface area contributed by atoms with Crippen LogP contribution < -0.4 is 21.8 Å². The first kappa shape index (κ1) is 29.9. The molecule has 2 aromatic carbocycles. The highest BCUT2D eigenvalue weighted by molar-refractivity contribution is 6.40. The summed E-state index contributed by atoms with van der Waals surface area (Å²) in [6, 6.07) is 2.69. The lowest BCUT2D eigenvalue weighted by molar-refractivity contribution is 0.479. The molecule has 0 radical (unpaired) electrons. The number of aromatic hydroxyl groups is 2. The molecular formula is C24H26Cl4N6O4. The minimum atomic E-state index is -0.310. The topological polar surface area (TPSA) is 134 Å². The van der Waals surface area contributed by atoms with Crippen LogP contribution in [0.15, 0.2) is 21.7 Å². The number of halogens is 4. The Bertz CT molecular complexity index is 1640. The Balaban J connectivity index is 0.000000211. The third-order valence-corrected chi connectivity index (χ3v) is 6.87. The zero-order valence-electron chi connectivity index (χ0n) is 21.0. The van der Waals surface area contributed by atoms with Gasteiger partial charge in [-0.3, -0.25) is 18.7 Å². The minimum absolute atomic E-state index is 0.0765. The van der Waals surface area contributed by atoms with Crippen LogP contribution in [0.1, 0.15) is 25.5 Å². The molecule has 0 amide bonds. The van der Waals surface area contributed by atoms with Gasteiger partial charge in [-0.25, -0.2) is 9.97 Å². The molecule has 0 aliphatic carbocycles. The third kappa shape index (κ3) is 5.70. The summed E-state index contributed by atoms with van der Waals surface area (Å²) >= 11 is 23.7. The second-order valence-corrected chi connectivity index (χ2v) is 9.73. The van der Waals surface area contributed by atoms with Gasteiger partial charge in [-0.05, 0) is 32.6 Å². The van der Waals surface area contributed by atoms with Gasteiger partial charge >= 0.3 is 0 Å². The van der Waals surface area contributed by atoms with Crippen molar-refractivity contribution in [1.82, 2.24) is 29.7 Å². The molecule has 0 saturated heterocycles. The van der Waals surface area contributed by atoms with Crippen LogP contribution in [0.3, 0.4) is 0 Å². The number of hydrogen-bond acceptors (Lipinski definition) is 8. The molecule has 4 aromatic rings. The van der Waals surface area contributed by atoms with Gasteiger partial charge in [0.25, 0.3) is 11.1 Å². The number of nitrogens with zero attached hydrogens (tertiary/aromatic N) is 4. The predicted molar refractivity (Wildman–Crippen MR) is 152 cm³/mol. The maximum absolute atomic E-state index is 12.4. The van der Waals surface area contributed by atoms with Gasteiger partial charge in [0.15, 0.2) is 11.5 Å². The van der Waals surface area contributed by atoms with Crippen LogP contribution >= 0.6 is 46.4 Å². The number of benzene rings is 2. The van der Waals surface area contributed by atoms with Crippen LogP contribution in [0.5, 0.6) is 11.5 Å². The van der Waals surface area contributed by atoms with Crippen LogP contribution in [-0.2, 0) is 26.7 Å². The fraction of sp³-hybridized carbons (Fsp3) is 0.333. The lowest BCUT2D eigenvalue weighted by Gasteiger charge is -2.13. The Morgan fingerprint density at radius 2 is 1.32 bits per heavy atom. The van der Waals surface area contributed by atoms with Crippen molar-refractivity contribution in [2.75, 3.05) is 13.6 Å². The molecule has 204 valence electrons. The molecule has 0 aliphatic rings. The lowest BCUT2D eigenvalue weighted by Crippen LogP contribution is -2.27. The zero-order valence-corrected chi connectivity index (χ0v) is 24.0. The van der Waals surface area contributed by atoms with Crippen LogP contribution in [-0.4, -0.2) is 42.9 Å². The first-order chi connectivity index (χ1) is 18.0. The first-order valence-corrected chi connectivity index (χ1v) is 13.0. The van der Waals surface area contributed by atoms with E-state index >= 15 is 0 Å². The van der Waals surface area contributed by atoms with E-state index in [0.717, 1.165) is 6.54 Å². The maximum Gasteiger partial charge on any atom is 0.263 e. The molecule has 0 saturated carbocycles. The van der Waals surface area contributed by atoms with E-state index in [4.69, 9.17) is 46.4 Å². The number of nitrogens with one attached hydrogen (secondary N) is 2. The normalized spacial score (nSPS) is 11.2. The Morgan fingerprint density at radius 3 is 1.79 bits per heavy atom. The van der Waals surface area contributed by atoms with E-state index in [-0.39, 0.29) is 64.5 Å². The van der Waals surface area contributed by atoms with Gasteiger partial charge in [-0.15, -0.1) is 0 Å². The number of hydrogen-bond donors (Lipinski definition) is 4. The Labute approximate surface area is 237 Å². The summed E-state index contributed by atoms with van der Waals surface area (Å²) in [6.45, 7) is 5.83. The van der Waals surface area contributed by atoms with Gasteiger partial charge < -0.3 is 20.8 Å². The molecule has 2 heterocycles. The summed E-state index contributed by atoms with van der Waals surface area (Å²) in [6.07, 6.45) is 0. The molecule has 10 nitrogen and oxygen atoms in total. The second kappa shape index (κ2) is 12.5. The summed E-state index contributed by atoms with van der Waals surface area (Å²) in [5, 5.41) is 26.8. The average Bonchev–Trinajstić information content (AvgIpc) is 2.87. The van der Waals surface area contributed by atoms with E-state index in [9.17, 15) is 19.8 Å². The smallest absolute Gasteiger partial charge is 0.263 e. The summed E-state index contributed by atoms with van der Waals surface area (Å²) < 4.78 is 2.92. The highest BCUT2D eigenvalue weighted by atomic mass is 35.5. The molecule has 0 spiro atoms. The molecule has 4 rings (SSSR count). The van der Waals surface area contributed by atoms with Gasteiger partial charge in [0, 0.05) is 13.6 Å². The molecule has 4 N–H and O–H groups in total. The van der Waals surface area contributed by atoms with E-state index in [2.05, 4.69) is 20.6 Å². The van der Waals surface area contributed by atoms with E-state index in [1.54, 1.807) is 14.1 Å². The lowest BCUT2D eigenvalue weighted by atomic mass is 10.2. The SMILES string of the molecule is CCNCc1nc2c(O)c(Cl)cc(Cl)c2c(=O)n1C.CCn1c(CNC)nc2c(O)c(Cl)cc(Cl)c2c1=O. The summed E-state index contributed by atoms with van der Waals surface area (Å²) in [5.74, 6) is 0.583. The number of aromatic nitrogens is 4.